The quantitative estimate of drug-likeness (QED) is 0.584. The Morgan fingerprint density at radius 3 is 2.32 bits per heavy atom. The van der Waals surface area contributed by atoms with Crippen molar-refractivity contribution in [2.75, 3.05) is 13.2 Å². The Kier molecular flexibility index (Phi) is 7.12. The second-order valence-corrected chi connectivity index (χ2v) is 10.0. The summed E-state index contributed by atoms with van der Waals surface area (Å²) in [6.07, 6.45) is 0.644. The molecule has 1 aliphatic heterocycles. The number of nitrogens with zero attached hydrogens (tertiary/aromatic N) is 1. The summed E-state index contributed by atoms with van der Waals surface area (Å²) in [5.74, 6) is -0.0313. The summed E-state index contributed by atoms with van der Waals surface area (Å²) in [5.41, 5.74) is 4.06. The Balaban J connectivity index is 1.26. The molecular formula is C27H34N2O5. The van der Waals surface area contributed by atoms with Crippen LogP contribution in [0.2, 0.25) is 0 Å². The maximum Gasteiger partial charge on any atom is 0.410 e. The summed E-state index contributed by atoms with van der Waals surface area (Å²) in [4.78, 5) is 26.5. The lowest BCUT2D eigenvalue weighted by atomic mass is 9.98. The molecule has 2 aliphatic rings. The standard InChI is InChI=1S/C27H34N2O5/c1-27(2,3)34-26(32)29-16-8-9-18(29)14-15-24(30)28-25(31)33-17-23-21-12-6-4-10-19(21)20-11-5-7-13-22(20)23/h4-7,10-13,18,23-24,30H,8-9,14-17H2,1-3H3,(H,28,31). The van der Waals surface area contributed by atoms with E-state index in [4.69, 9.17) is 9.47 Å². The van der Waals surface area contributed by atoms with Gasteiger partial charge >= 0.3 is 12.2 Å². The number of carbonyl (C=O) groups is 2. The minimum Gasteiger partial charge on any atom is -0.448 e. The van der Waals surface area contributed by atoms with E-state index in [1.54, 1.807) is 4.90 Å². The van der Waals surface area contributed by atoms with Gasteiger partial charge in [0.15, 0.2) is 0 Å². The van der Waals surface area contributed by atoms with Crippen molar-refractivity contribution in [3.05, 3.63) is 59.7 Å². The van der Waals surface area contributed by atoms with E-state index < -0.39 is 17.9 Å². The van der Waals surface area contributed by atoms with E-state index in [9.17, 15) is 14.7 Å². The fraction of sp³-hybridized carbons (Fsp3) is 0.481. The number of hydrogen-bond acceptors (Lipinski definition) is 5. The number of likely N-dealkylation sites (tertiary alicyclic amines) is 1. The van der Waals surface area contributed by atoms with Crippen molar-refractivity contribution in [1.29, 1.82) is 0 Å². The van der Waals surface area contributed by atoms with Gasteiger partial charge in [-0.1, -0.05) is 48.5 Å². The molecule has 1 aliphatic carbocycles. The van der Waals surface area contributed by atoms with Crippen molar-refractivity contribution in [2.45, 2.75) is 70.2 Å². The smallest absolute Gasteiger partial charge is 0.410 e. The molecule has 0 saturated carbocycles. The van der Waals surface area contributed by atoms with Crippen molar-refractivity contribution >= 4 is 12.2 Å². The molecule has 2 aromatic carbocycles. The average molecular weight is 467 g/mol. The molecule has 34 heavy (non-hydrogen) atoms. The van der Waals surface area contributed by atoms with Crippen LogP contribution >= 0.6 is 0 Å². The molecule has 2 unspecified atom stereocenters. The van der Waals surface area contributed by atoms with E-state index in [0.717, 1.165) is 24.0 Å². The first-order chi connectivity index (χ1) is 16.2. The lowest BCUT2D eigenvalue weighted by Crippen LogP contribution is -2.41. The third-order valence-corrected chi connectivity index (χ3v) is 6.41. The summed E-state index contributed by atoms with van der Waals surface area (Å²) < 4.78 is 11.0. The first-order valence-corrected chi connectivity index (χ1v) is 12.0. The predicted molar refractivity (Wildman–Crippen MR) is 129 cm³/mol. The first kappa shape index (κ1) is 24.1. The zero-order valence-electron chi connectivity index (χ0n) is 20.1. The molecule has 1 saturated heterocycles. The highest BCUT2D eigenvalue weighted by atomic mass is 16.6. The summed E-state index contributed by atoms with van der Waals surface area (Å²) in [5, 5.41) is 12.9. The van der Waals surface area contributed by atoms with Crippen LogP contribution in [0.5, 0.6) is 0 Å². The van der Waals surface area contributed by atoms with E-state index >= 15 is 0 Å². The van der Waals surface area contributed by atoms with E-state index in [1.807, 2.05) is 45.0 Å². The zero-order chi connectivity index (χ0) is 24.3. The highest BCUT2D eigenvalue weighted by molar-refractivity contribution is 5.79. The summed E-state index contributed by atoms with van der Waals surface area (Å²) >= 11 is 0. The average Bonchev–Trinajstić information content (AvgIpc) is 3.38. The number of benzene rings is 2. The van der Waals surface area contributed by atoms with Crippen LogP contribution in [0.25, 0.3) is 11.1 Å². The van der Waals surface area contributed by atoms with E-state index in [-0.39, 0.29) is 24.7 Å². The molecule has 4 rings (SSSR count). The highest BCUT2D eigenvalue weighted by Gasteiger charge is 2.33. The molecule has 182 valence electrons. The number of aliphatic hydroxyl groups excluding tert-OH is 1. The second kappa shape index (κ2) is 10.1. The molecule has 1 heterocycles. The molecule has 0 bridgehead atoms. The van der Waals surface area contributed by atoms with Gasteiger partial charge in [0, 0.05) is 18.5 Å². The Hall–Kier alpha value is -3.06. The maximum atomic E-state index is 12.4. The van der Waals surface area contributed by atoms with Crippen LogP contribution in [0.4, 0.5) is 9.59 Å². The molecular weight excluding hydrogens is 432 g/mol. The number of fused-ring (bicyclic) bond motifs is 3. The Morgan fingerprint density at radius 1 is 1.09 bits per heavy atom. The van der Waals surface area contributed by atoms with Gasteiger partial charge in [-0.05, 0) is 68.7 Å². The van der Waals surface area contributed by atoms with Crippen LogP contribution in [0.1, 0.15) is 63.5 Å². The molecule has 0 radical (unpaired) electrons. The van der Waals surface area contributed by atoms with E-state index in [2.05, 4.69) is 29.6 Å². The molecule has 0 spiro atoms. The Labute approximate surface area is 201 Å². The number of nitrogens with one attached hydrogen (secondary N) is 1. The lowest BCUT2D eigenvalue weighted by Gasteiger charge is -2.29. The monoisotopic (exact) mass is 466 g/mol. The summed E-state index contributed by atoms with van der Waals surface area (Å²) in [7, 11) is 0. The molecule has 2 atom stereocenters. The third kappa shape index (κ3) is 5.53. The van der Waals surface area contributed by atoms with Gasteiger partial charge < -0.3 is 19.5 Å². The lowest BCUT2D eigenvalue weighted by molar-refractivity contribution is 0.0199. The van der Waals surface area contributed by atoms with Crippen LogP contribution in [0, 0.1) is 0 Å². The van der Waals surface area contributed by atoms with Crippen molar-refractivity contribution in [2.24, 2.45) is 0 Å². The number of amides is 2. The van der Waals surface area contributed by atoms with Crippen LogP contribution in [-0.2, 0) is 9.47 Å². The first-order valence-electron chi connectivity index (χ1n) is 12.0. The van der Waals surface area contributed by atoms with Crippen molar-refractivity contribution in [3.63, 3.8) is 0 Å². The van der Waals surface area contributed by atoms with E-state index in [0.29, 0.717) is 19.4 Å². The zero-order valence-corrected chi connectivity index (χ0v) is 20.1. The van der Waals surface area contributed by atoms with Crippen LogP contribution < -0.4 is 5.32 Å². The number of rotatable bonds is 6. The largest absolute Gasteiger partial charge is 0.448 e. The molecule has 7 nitrogen and oxygen atoms in total. The van der Waals surface area contributed by atoms with Crippen molar-refractivity contribution in [1.82, 2.24) is 10.2 Å². The topological polar surface area (TPSA) is 88.1 Å². The van der Waals surface area contributed by atoms with Gasteiger partial charge in [-0.3, -0.25) is 5.32 Å². The number of hydrogen-bond donors (Lipinski definition) is 2. The Bertz CT molecular complexity index is 986. The SMILES string of the molecule is CC(C)(C)OC(=O)N1CCCC1CCC(O)NC(=O)OCC1c2ccccc2-c2ccccc21. The molecule has 0 aromatic heterocycles. The minimum absolute atomic E-state index is 0.00573. The molecule has 7 heteroatoms. The molecule has 1 fully saturated rings. The van der Waals surface area contributed by atoms with Crippen LogP contribution in [0.15, 0.2) is 48.5 Å². The van der Waals surface area contributed by atoms with Gasteiger partial charge in [0.1, 0.15) is 18.4 Å². The predicted octanol–water partition coefficient (Wildman–Crippen LogP) is 5.02. The van der Waals surface area contributed by atoms with Crippen molar-refractivity contribution in [3.8, 4) is 11.1 Å². The normalized spacial score (nSPS) is 18.2. The Morgan fingerprint density at radius 2 is 1.71 bits per heavy atom. The van der Waals surface area contributed by atoms with Gasteiger partial charge in [-0.25, -0.2) is 9.59 Å². The maximum absolute atomic E-state index is 12.4. The molecule has 2 N–H and O–H groups in total. The van der Waals surface area contributed by atoms with Crippen molar-refractivity contribution < 1.29 is 24.2 Å². The van der Waals surface area contributed by atoms with E-state index in [1.165, 1.54) is 11.1 Å². The second-order valence-electron chi connectivity index (χ2n) is 10.0. The van der Waals surface area contributed by atoms with Crippen LogP contribution in [0.3, 0.4) is 0 Å². The summed E-state index contributed by atoms with van der Waals surface area (Å²) in [6, 6.07) is 16.3. The molecule has 2 amide bonds. The van der Waals surface area contributed by atoms with Gasteiger partial charge in [0.25, 0.3) is 0 Å². The summed E-state index contributed by atoms with van der Waals surface area (Å²) in [6.45, 7) is 6.38. The fourth-order valence-corrected chi connectivity index (χ4v) is 4.90. The van der Waals surface area contributed by atoms with Crippen LogP contribution in [-0.4, -0.2) is 53.2 Å². The minimum atomic E-state index is -1.04. The number of aliphatic hydroxyl groups is 1. The number of ether oxygens (including phenoxy) is 2. The van der Waals surface area contributed by atoms with Gasteiger partial charge in [-0.2, -0.15) is 0 Å². The third-order valence-electron chi connectivity index (χ3n) is 6.41. The van der Waals surface area contributed by atoms with Gasteiger partial charge in [0.2, 0.25) is 0 Å². The number of carbonyl (C=O) groups excluding carboxylic acids is 2. The molecule has 2 aromatic rings. The van der Waals surface area contributed by atoms with Gasteiger partial charge in [0.05, 0.1) is 0 Å². The fourth-order valence-electron chi connectivity index (χ4n) is 4.90. The highest BCUT2D eigenvalue weighted by Crippen LogP contribution is 2.44. The number of alkyl carbamates (subject to hydrolysis) is 1. The van der Waals surface area contributed by atoms with Gasteiger partial charge in [-0.15, -0.1) is 0 Å².